The highest BCUT2D eigenvalue weighted by Crippen LogP contribution is 2.33. The van der Waals surface area contributed by atoms with E-state index in [4.69, 9.17) is 10.5 Å². The number of benzene rings is 1. The lowest BCUT2D eigenvalue weighted by Crippen LogP contribution is -2.23. The maximum atomic E-state index is 11.6. The van der Waals surface area contributed by atoms with Crippen molar-refractivity contribution in [1.29, 1.82) is 0 Å². The summed E-state index contributed by atoms with van der Waals surface area (Å²) in [6.45, 7) is 3.96. The molecule has 2 N–H and O–H groups in total. The Kier molecular flexibility index (Phi) is 3.87. The lowest BCUT2D eigenvalue weighted by Gasteiger charge is -2.21. The van der Waals surface area contributed by atoms with Crippen LogP contribution in [0.15, 0.2) is 12.1 Å². The van der Waals surface area contributed by atoms with Crippen molar-refractivity contribution in [3.8, 4) is 5.75 Å². The van der Waals surface area contributed by atoms with Gasteiger partial charge < -0.3 is 10.5 Å². The Hall–Kier alpha value is -1.07. The van der Waals surface area contributed by atoms with Crippen LogP contribution < -0.4 is 10.5 Å². The Morgan fingerprint density at radius 1 is 1.32 bits per heavy atom. The largest absolute Gasteiger partial charge is 0.496 e. The smallest absolute Gasteiger partial charge is 0.150 e. The highest BCUT2D eigenvalue weighted by atomic mass is 32.2. The van der Waals surface area contributed by atoms with Crippen molar-refractivity contribution in [2.24, 2.45) is 11.7 Å². The monoisotopic (exact) mass is 283 g/mol. The fourth-order valence-corrected chi connectivity index (χ4v) is 4.61. The first-order valence-corrected chi connectivity index (χ1v) is 8.27. The van der Waals surface area contributed by atoms with Crippen molar-refractivity contribution in [3.63, 3.8) is 0 Å². The summed E-state index contributed by atoms with van der Waals surface area (Å²) in [6, 6.07) is 3.76. The molecule has 0 aliphatic carbocycles. The molecular formula is C14H21NO3S. The van der Waals surface area contributed by atoms with E-state index in [2.05, 4.69) is 0 Å². The Morgan fingerprint density at radius 2 is 2.00 bits per heavy atom. The van der Waals surface area contributed by atoms with Crippen molar-refractivity contribution < 1.29 is 13.2 Å². The number of methoxy groups -OCH3 is 1. The molecule has 1 aromatic rings. The van der Waals surface area contributed by atoms with E-state index in [0.717, 1.165) is 22.4 Å². The van der Waals surface area contributed by atoms with Crippen LogP contribution in [-0.4, -0.2) is 27.0 Å². The van der Waals surface area contributed by atoms with Crippen LogP contribution in [-0.2, 0) is 9.84 Å². The zero-order chi connectivity index (χ0) is 14.2. The molecule has 19 heavy (non-hydrogen) atoms. The Bertz CT molecular complexity index is 581. The number of ether oxygens (including phenoxy) is 1. The number of hydrogen-bond donors (Lipinski definition) is 1. The molecular weight excluding hydrogens is 262 g/mol. The first-order chi connectivity index (χ1) is 8.84. The molecule has 4 nitrogen and oxygen atoms in total. The molecule has 1 fully saturated rings. The van der Waals surface area contributed by atoms with Gasteiger partial charge in [0.1, 0.15) is 5.75 Å². The summed E-state index contributed by atoms with van der Waals surface area (Å²) in [4.78, 5) is 0. The van der Waals surface area contributed by atoms with E-state index in [9.17, 15) is 8.42 Å². The summed E-state index contributed by atoms with van der Waals surface area (Å²) in [5.41, 5.74) is 9.39. The molecule has 0 bridgehead atoms. The predicted molar refractivity (Wildman–Crippen MR) is 76.2 cm³/mol. The molecule has 106 valence electrons. The summed E-state index contributed by atoms with van der Waals surface area (Å²) < 4.78 is 28.4. The van der Waals surface area contributed by atoms with E-state index in [1.165, 1.54) is 0 Å². The Labute approximate surface area is 114 Å². The number of aryl methyl sites for hydroxylation is 2. The van der Waals surface area contributed by atoms with Crippen LogP contribution in [0.5, 0.6) is 5.75 Å². The maximum absolute atomic E-state index is 11.6. The van der Waals surface area contributed by atoms with Gasteiger partial charge in [0.05, 0.1) is 18.6 Å². The maximum Gasteiger partial charge on any atom is 0.150 e. The summed E-state index contributed by atoms with van der Waals surface area (Å²) in [5, 5.41) is 0. The molecule has 1 heterocycles. The summed E-state index contributed by atoms with van der Waals surface area (Å²) in [5.74, 6) is 1.34. The van der Waals surface area contributed by atoms with Gasteiger partial charge in [-0.3, -0.25) is 0 Å². The van der Waals surface area contributed by atoms with Crippen molar-refractivity contribution in [2.75, 3.05) is 18.6 Å². The summed E-state index contributed by atoms with van der Waals surface area (Å²) in [7, 11) is -1.25. The van der Waals surface area contributed by atoms with E-state index >= 15 is 0 Å². The highest BCUT2D eigenvalue weighted by Gasteiger charge is 2.33. The first kappa shape index (κ1) is 14.3. The zero-order valence-electron chi connectivity index (χ0n) is 11.6. The van der Waals surface area contributed by atoms with Crippen LogP contribution >= 0.6 is 0 Å². The molecule has 0 radical (unpaired) electrons. The number of hydrogen-bond acceptors (Lipinski definition) is 4. The topological polar surface area (TPSA) is 69.4 Å². The fraction of sp³-hybridized carbons (Fsp3) is 0.571. The molecule has 1 aliphatic rings. The molecule has 5 heteroatoms. The van der Waals surface area contributed by atoms with Gasteiger partial charge in [0.25, 0.3) is 0 Å². The summed E-state index contributed by atoms with van der Waals surface area (Å²) >= 11 is 0. The molecule has 1 aliphatic heterocycles. The van der Waals surface area contributed by atoms with Gasteiger partial charge >= 0.3 is 0 Å². The van der Waals surface area contributed by atoms with E-state index < -0.39 is 9.84 Å². The van der Waals surface area contributed by atoms with E-state index in [1.807, 2.05) is 26.0 Å². The minimum absolute atomic E-state index is 0.0245. The highest BCUT2D eigenvalue weighted by molar-refractivity contribution is 7.91. The summed E-state index contributed by atoms with van der Waals surface area (Å²) in [6.07, 6.45) is 0.661. The lowest BCUT2D eigenvalue weighted by atomic mass is 9.89. The minimum atomic E-state index is -2.89. The first-order valence-electron chi connectivity index (χ1n) is 6.45. The molecule has 0 saturated carbocycles. The standard InChI is InChI=1S/C14H21NO3S/c1-9-7-13(18-3)10(2)6-12(9)14(15)11-4-5-19(16,17)8-11/h6-7,11,14H,4-5,8,15H2,1-3H3. The van der Waals surface area contributed by atoms with Crippen LogP contribution in [0.1, 0.15) is 29.2 Å². The molecule has 2 rings (SSSR count). The van der Waals surface area contributed by atoms with Crippen molar-refractivity contribution in [3.05, 3.63) is 28.8 Å². The average Bonchev–Trinajstić information content (AvgIpc) is 2.71. The van der Waals surface area contributed by atoms with Gasteiger partial charge in [-0.2, -0.15) is 0 Å². The van der Waals surface area contributed by atoms with Crippen LogP contribution in [0.3, 0.4) is 0 Å². The van der Waals surface area contributed by atoms with Crippen LogP contribution in [0.4, 0.5) is 0 Å². The van der Waals surface area contributed by atoms with E-state index in [1.54, 1.807) is 7.11 Å². The zero-order valence-corrected chi connectivity index (χ0v) is 12.5. The third-order valence-electron chi connectivity index (χ3n) is 3.92. The number of rotatable bonds is 3. The second-order valence-electron chi connectivity index (χ2n) is 5.37. The average molecular weight is 283 g/mol. The van der Waals surface area contributed by atoms with Crippen LogP contribution in [0.2, 0.25) is 0 Å². The second kappa shape index (κ2) is 5.13. The molecule has 1 saturated heterocycles. The van der Waals surface area contributed by atoms with Gasteiger partial charge in [-0.25, -0.2) is 8.42 Å². The second-order valence-corrected chi connectivity index (χ2v) is 7.60. The molecule has 0 spiro atoms. The fourth-order valence-electron chi connectivity index (χ4n) is 2.75. The normalized spacial score (nSPS) is 23.3. The third kappa shape index (κ3) is 2.92. The number of nitrogens with two attached hydrogens (primary N) is 1. The molecule has 0 amide bonds. The minimum Gasteiger partial charge on any atom is -0.496 e. The Balaban J connectivity index is 2.29. The molecule has 2 unspecified atom stereocenters. The molecule has 0 aromatic heterocycles. The van der Waals surface area contributed by atoms with Gasteiger partial charge in [-0.1, -0.05) is 6.07 Å². The lowest BCUT2D eigenvalue weighted by molar-refractivity contribution is 0.410. The van der Waals surface area contributed by atoms with Crippen LogP contribution in [0, 0.1) is 19.8 Å². The van der Waals surface area contributed by atoms with Gasteiger partial charge in [-0.05, 0) is 48.9 Å². The Morgan fingerprint density at radius 3 is 2.53 bits per heavy atom. The molecule has 1 aromatic carbocycles. The predicted octanol–water partition coefficient (Wildman–Crippen LogP) is 1.75. The SMILES string of the molecule is COc1cc(C)c(C(N)C2CCS(=O)(=O)C2)cc1C. The van der Waals surface area contributed by atoms with Gasteiger partial charge in [0.15, 0.2) is 9.84 Å². The number of sulfone groups is 1. The van der Waals surface area contributed by atoms with Crippen molar-refractivity contribution in [2.45, 2.75) is 26.3 Å². The third-order valence-corrected chi connectivity index (χ3v) is 5.71. The quantitative estimate of drug-likeness (QED) is 0.917. The van der Waals surface area contributed by atoms with E-state index in [0.29, 0.717) is 6.42 Å². The van der Waals surface area contributed by atoms with Crippen molar-refractivity contribution in [1.82, 2.24) is 0 Å². The van der Waals surface area contributed by atoms with Gasteiger partial charge in [0, 0.05) is 6.04 Å². The molecule has 2 atom stereocenters. The van der Waals surface area contributed by atoms with E-state index in [-0.39, 0.29) is 23.5 Å². The van der Waals surface area contributed by atoms with Gasteiger partial charge in [0.2, 0.25) is 0 Å². The van der Waals surface area contributed by atoms with Crippen molar-refractivity contribution >= 4 is 9.84 Å². The van der Waals surface area contributed by atoms with Gasteiger partial charge in [-0.15, -0.1) is 0 Å². The van der Waals surface area contributed by atoms with Crippen LogP contribution in [0.25, 0.3) is 0 Å².